The number of anilines is 1. The van der Waals surface area contributed by atoms with Gasteiger partial charge in [-0.1, -0.05) is 17.3 Å². The molecule has 0 saturated heterocycles. The maximum absolute atomic E-state index is 5.76. The van der Waals surface area contributed by atoms with Crippen molar-refractivity contribution in [2.45, 2.75) is 0 Å². The fourth-order valence-corrected chi connectivity index (χ4v) is 2.81. The SMILES string of the molecule is Nc1nc(-n2nnc3ccccc32)c2ccsc2n1. The van der Waals surface area contributed by atoms with Crippen LogP contribution in [0.3, 0.4) is 0 Å². The molecule has 19 heavy (non-hydrogen) atoms. The van der Waals surface area contributed by atoms with E-state index in [1.807, 2.05) is 35.7 Å². The van der Waals surface area contributed by atoms with Crippen molar-refractivity contribution < 1.29 is 0 Å². The molecule has 0 radical (unpaired) electrons. The van der Waals surface area contributed by atoms with Gasteiger partial charge in [-0.05, 0) is 23.6 Å². The van der Waals surface area contributed by atoms with Gasteiger partial charge in [0.25, 0.3) is 0 Å². The molecule has 0 bridgehead atoms. The first kappa shape index (κ1) is 10.4. The van der Waals surface area contributed by atoms with E-state index < -0.39 is 0 Å². The zero-order valence-corrected chi connectivity index (χ0v) is 10.5. The number of nitrogens with two attached hydrogens (primary N) is 1. The van der Waals surface area contributed by atoms with Gasteiger partial charge in [0.15, 0.2) is 5.82 Å². The molecule has 0 unspecified atom stereocenters. The third-order valence-electron chi connectivity index (χ3n) is 2.87. The Bertz CT molecular complexity index is 893. The Morgan fingerprint density at radius 3 is 2.95 bits per heavy atom. The van der Waals surface area contributed by atoms with Crippen LogP contribution >= 0.6 is 11.3 Å². The minimum Gasteiger partial charge on any atom is -0.368 e. The molecule has 0 aliphatic carbocycles. The normalized spacial score (nSPS) is 11.4. The average molecular weight is 268 g/mol. The van der Waals surface area contributed by atoms with Gasteiger partial charge in [0.1, 0.15) is 10.3 Å². The molecule has 0 aliphatic rings. The lowest BCUT2D eigenvalue weighted by atomic mass is 10.3. The third kappa shape index (κ3) is 1.48. The summed E-state index contributed by atoms with van der Waals surface area (Å²) in [6, 6.07) is 9.69. The molecule has 0 amide bonds. The van der Waals surface area contributed by atoms with Gasteiger partial charge in [0, 0.05) is 0 Å². The van der Waals surface area contributed by atoms with Crippen LogP contribution in [0, 0.1) is 0 Å². The summed E-state index contributed by atoms with van der Waals surface area (Å²) in [5.74, 6) is 0.905. The lowest BCUT2D eigenvalue weighted by Crippen LogP contribution is -2.04. The number of hydrogen-bond donors (Lipinski definition) is 1. The predicted molar refractivity (Wildman–Crippen MR) is 74.3 cm³/mol. The topological polar surface area (TPSA) is 82.5 Å². The van der Waals surface area contributed by atoms with Gasteiger partial charge in [-0.2, -0.15) is 9.67 Å². The molecule has 4 rings (SSSR count). The van der Waals surface area contributed by atoms with E-state index in [0.29, 0.717) is 5.82 Å². The van der Waals surface area contributed by atoms with Crippen LogP contribution in [-0.2, 0) is 0 Å². The highest BCUT2D eigenvalue weighted by Gasteiger charge is 2.13. The highest BCUT2D eigenvalue weighted by molar-refractivity contribution is 7.16. The van der Waals surface area contributed by atoms with Crippen LogP contribution in [0.4, 0.5) is 5.95 Å². The van der Waals surface area contributed by atoms with Crippen molar-refractivity contribution in [3.8, 4) is 5.82 Å². The Hall–Kier alpha value is -2.54. The molecule has 3 heterocycles. The molecule has 0 saturated carbocycles. The molecule has 1 aromatic carbocycles. The Morgan fingerprint density at radius 1 is 1.11 bits per heavy atom. The quantitative estimate of drug-likeness (QED) is 0.571. The van der Waals surface area contributed by atoms with Gasteiger partial charge in [0.05, 0.1) is 10.9 Å². The second-order valence-corrected chi connectivity index (χ2v) is 4.93. The van der Waals surface area contributed by atoms with Gasteiger partial charge in [0.2, 0.25) is 5.95 Å². The molecule has 6 nitrogen and oxygen atoms in total. The summed E-state index contributed by atoms with van der Waals surface area (Å²) in [6.45, 7) is 0. The van der Waals surface area contributed by atoms with E-state index in [2.05, 4.69) is 20.3 Å². The minimum absolute atomic E-state index is 0.240. The molecule has 0 spiro atoms. The molecule has 2 N–H and O–H groups in total. The summed E-state index contributed by atoms with van der Waals surface area (Å²) >= 11 is 1.53. The van der Waals surface area contributed by atoms with Gasteiger partial charge in [-0.15, -0.1) is 16.4 Å². The van der Waals surface area contributed by atoms with E-state index in [1.165, 1.54) is 11.3 Å². The van der Waals surface area contributed by atoms with Crippen molar-refractivity contribution in [2.24, 2.45) is 0 Å². The highest BCUT2D eigenvalue weighted by Crippen LogP contribution is 2.26. The number of thiophene rings is 1. The summed E-state index contributed by atoms with van der Waals surface area (Å²) in [5, 5.41) is 11.2. The van der Waals surface area contributed by atoms with E-state index in [9.17, 15) is 0 Å². The maximum Gasteiger partial charge on any atom is 0.223 e. The van der Waals surface area contributed by atoms with Crippen molar-refractivity contribution in [1.29, 1.82) is 0 Å². The summed E-state index contributed by atoms with van der Waals surface area (Å²) < 4.78 is 1.70. The van der Waals surface area contributed by atoms with Crippen molar-refractivity contribution in [1.82, 2.24) is 25.0 Å². The number of rotatable bonds is 1. The van der Waals surface area contributed by atoms with Crippen LogP contribution < -0.4 is 5.73 Å². The molecule has 7 heteroatoms. The first-order valence-corrected chi connectivity index (χ1v) is 6.52. The highest BCUT2D eigenvalue weighted by atomic mass is 32.1. The summed E-state index contributed by atoms with van der Waals surface area (Å²) in [6.07, 6.45) is 0. The molecular weight excluding hydrogens is 260 g/mol. The minimum atomic E-state index is 0.240. The van der Waals surface area contributed by atoms with E-state index in [1.54, 1.807) is 4.68 Å². The Kier molecular flexibility index (Phi) is 2.04. The fourth-order valence-electron chi connectivity index (χ4n) is 2.04. The van der Waals surface area contributed by atoms with Crippen LogP contribution in [0.15, 0.2) is 35.7 Å². The summed E-state index contributed by atoms with van der Waals surface area (Å²) in [7, 11) is 0. The summed E-state index contributed by atoms with van der Waals surface area (Å²) in [5.41, 5.74) is 7.48. The molecule has 4 aromatic rings. The van der Waals surface area contributed by atoms with Crippen molar-refractivity contribution in [3.63, 3.8) is 0 Å². The first-order valence-electron chi connectivity index (χ1n) is 5.64. The Balaban J connectivity index is 2.11. The van der Waals surface area contributed by atoms with Crippen molar-refractivity contribution in [3.05, 3.63) is 35.7 Å². The lowest BCUT2D eigenvalue weighted by Gasteiger charge is -2.03. The van der Waals surface area contributed by atoms with Crippen LogP contribution in [0.25, 0.3) is 27.1 Å². The zero-order chi connectivity index (χ0) is 12.8. The first-order chi connectivity index (χ1) is 9.33. The molecule has 0 aliphatic heterocycles. The van der Waals surface area contributed by atoms with E-state index in [0.717, 1.165) is 21.3 Å². The number of hydrogen-bond acceptors (Lipinski definition) is 6. The molecule has 3 aromatic heterocycles. The largest absolute Gasteiger partial charge is 0.368 e. The monoisotopic (exact) mass is 268 g/mol. The second-order valence-electron chi connectivity index (χ2n) is 4.03. The third-order valence-corrected chi connectivity index (χ3v) is 3.68. The molecular formula is C12H8N6S. The fraction of sp³-hybridized carbons (Fsp3) is 0. The van der Waals surface area contributed by atoms with E-state index in [4.69, 9.17) is 5.73 Å². The predicted octanol–water partition coefficient (Wildman–Crippen LogP) is 2.01. The smallest absolute Gasteiger partial charge is 0.223 e. The average Bonchev–Trinajstić information content (AvgIpc) is 3.03. The lowest BCUT2D eigenvalue weighted by molar-refractivity contribution is 0.807. The number of para-hydroxylation sites is 1. The number of nitrogens with zero attached hydrogens (tertiary/aromatic N) is 5. The zero-order valence-electron chi connectivity index (χ0n) is 9.69. The molecule has 0 atom stereocenters. The number of nitrogen functional groups attached to an aromatic ring is 1. The summed E-state index contributed by atoms with van der Waals surface area (Å²) in [4.78, 5) is 9.36. The molecule has 92 valence electrons. The van der Waals surface area contributed by atoms with Gasteiger partial charge in [-0.3, -0.25) is 0 Å². The second kappa shape index (κ2) is 3.72. The van der Waals surface area contributed by atoms with Crippen LogP contribution in [0.1, 0.15) is 0 Å². The van der Waals surface area contributed by atoms with Gasteiger partial charge in [-0.25, -0.2) is 4.98 Å². The Morgan fingerprint density at radius 2 is 2.00 bits per heavy atom. The van der Waals surface area contributed by atoms with Gasteiger partial charge < -0.3 is 5.73 Å². The van der Waals surface area contributed by atoms with Crippen molar-refractivity contribution in [2.75, 3.05) is 5.73 Å². The maximum atomic E-state index is 5.76. The van der Waals surface area contributed by atoms with Crippen LogP contribution in [0.2, 0.25) is 0 Å². The molecule has 0 fully saturated rings. The number of fused-ring (bicyclic) bond motifs is 2. The van der Waals surface area contributed by atoms with Crippen molar-refractivity contribution >= 4 is 38.5 Å². The van der Waals surface area contributed by atoms with E-state index in [-0.39, 0.29) is 5.95 Å². The standard InChI is InChI=1S/C12H8N6S/c13-12-14-10(7-5-6-19-11(7)15-12)18-9-4-2-1-3-8(9)16-17-18/h1-6H,(H2,13,14,15). The number of benzene rings is 1. The van der Waals surface area contributed by atoms with E-state index >= 15 is 0 Å². The van der Waals surface area contributed by atoms with Crippen LogP contribution in [-0.4, -0.2) is 25.0 Å². The van der Waals surface area contributed by atoms with Crippen LogP contribution in [0.5, 0.6) is 0 Å². The Labute approximate surface area is 111 Å². The number of aromatic nitrogens is 5. The van der Waals surface area contributed by atoms with Gasteiger partial charge >= 0.3 is 0 Å².